The number of amides is 2. The predicted molar refractivity (Wildman–Crippen MR) is 122 cm³/mol. The van der Waals surface area contributed by atoms with E-state index < -0.39 is 21.0 Å². The molecule has 2 amide bonds. The summed E-state index contributed by atoms with van der Waals surface area (Å²) < 4.78 is 32.7. The van der Waals surface area contributed by atoms with Crippen LogP contribution in [-0.2, 0) is 14.8 Å². The summed E-state index contributed by atoms with van der Waals surface area (Å²) in [4.78, 5) is 18.8. The molecule has 172 valence electrons. The van der Waals surface area contributed by atoms with Gasteiger partial charge >= 0.3 is 6.03 Å². The van der Waals surface area contributed by atoms with E-state index in [1.54, 1.807) is 0 Å². The van der Waals surface area contributed by atoms with E-state index in [9.17, 15) is 13.2 Å². The Kier molecular flexibility index (Phi) is 7.88. The first-order valence-corrected chi connectivity index (χ1v) is 11.6. The normalized spacial score (nSPS) is 15.7. The molecule has 0 atom stereocenters. The van der Waals surface area contributed by atoms with Crippen LogP contribution in [0, 0.1) is 5.41 Å². The van der Waals surface area contributed by atoms with E-state index in [1.807, 2.05) is 57.5 Å². The highest BCUT2D eigenvalue weighted by Gasteiger charge is 2.27. The maximum atomic E-state index is 12.7. The van der Waals surface area contributed by atoms with Gasteiger partial charge in [0.2, 0.25) is 5.88 Å². The van der Waals surface area contributed by atoms with Crippen LogP contribution in [0.4, 0.5) is 16.3 Å². The molecule has 0 spiro atoms. The zero-order valence-electron chi connectivity index (χ0n) is 18.9. The molecule has 1 aromatic heterocycles. The molecule has 1 saturated heterocycles. The standard InChI is InChI=1S/C20H32N6O4S/c1-12(2)14-10-16(26(5)6)23-17(13(3)4)18(14)24-20(27)25-31(28,29)15(11-21)19-22-8-7-9-30-19/h10-13,21-22H,7-9H2,1-6H3,(H2,24,25,27)/b19-15-,21-11?. The van der Waals surface area contributed by atoms with Crippen molar-refractivity contribution >= 4 is 33.8 Å². The zero-order valence-corrected chi connectivity index (χ0v) is 19.7. The van der Waals surface area contributed by atoms with Gasteiger partial charge in [0.1, 0.15) is 5.82 Å². The summed E-state index contributed by atoms with van der Waals surface area (Å²) in [7, 11) is -0.550. The number of hydrogen-bond acceptors (Lipinski definition) is 8. The van der Waals surface area contributed by atoms with Gasteiger partial charge in [-0.15, -0.1) is 0 Å². The van der Waals surface area contributed by atoms with Crippen LogP contribution in [0.2, 0.25) is 0 Å². The van der Waals surface area contributed by atoms with Gasteiger partial charge in [0.05, 0.1) is 18.0 Å². The summed E-state index contributed by atoms with van der Waals surface area (Å²) >= 11 is 0. The van der Waals surface area contributed by atoms with Gasteiger partial charge in [0.15, 0.2) is 4.91 Å². The third-order valence-electron chi connectivity index (χ3n) is 4.65. The van der Waals surface area contributed by atoms with Crippen molar-refractivity contribution in [1.29, 1.82) is 5.41 Å². The van der Waals surface area contributed by atoms with Crippen LogP contribution in [0.15, 0.2) is 16.9 Å². The molecule has 1 aliphatic heterocycles. The Hall–Kier alpha value is -2.82. The lowest BCUT2D eigenvalue weighted by Crippen LogP contribution is -2.38. The highest BCUT2D eigenvalue weighted by molar-refractivity contribution is 7.94. The van der Waals surface area contributed by atoms with E-state index in [0.717, 1.165) is 11.4 Å². The number of rotatable bonds is 7. The quantitative estimate of drug-likeness (QED) is 0.467. The van der Waals surface area contributed by atoms with Crippen LogP contribution in [-0.4, -0.2) is 52.9 Å². The Morgan fingerprint density at radius 2 is 1.97 bits per heavy atom. The van der Waals surface area contributed by atoms with Crippen molar-refractivity contribution in [2.24, 2.45) is 0 Å². The molecule has 4 N–H and O–H groups in total. The van der Waals surface area contributed by atoms with Crippen molar-refractivity contribution in [3.63, 3.8) is 0 Å². The second-order valence-electron chi connectivity index (χ2n) is 8.06. The van der Waals surface area contributed by atoms with E-state index in [1.165, 1.54) is 0 Å². The SMILES string of the molecule is CC(C)c1cc(N(C)C)nc(C(C)C)c1NC(=O)NS(=O)(=O)/C(C=N)=C1/NCCCO1. The number of aromatic nitrogens is 1. The minimum Gasteiger partial charge on any atom is -0.478 e. The lowest BCUT2D eigenvalue weighted by molar-refractivity contribution is 0.157. The first kappa shape index (κ1) is 24.4. The Balaban J connectivity index is 2.39. The molecule has 2 rings (SSSR count). The number of hydrogen-bond donors (Lipinski definition) is 4. The Labute approximate surface area is 184 Å². The van der Waals surface area contributed by atoms with Crippen LogP contribution < -0.4 is 20.3 Å². The van der Waals surface area contributed by atoms with E-state index in [2.05, 4.69) is 15.6 Å². The Morgan fingerprint density at radius 3 is 2.45 bits per heavy atom. The predicted octanol–water partition coefficient (Wildman–Crippen LogP) is 2.67. The number of anilines is 2. The summed E-state index contributed by atoms with van der Waals surface area (Å²) in [5.74, 6) is 0.764. The smallest absolute Gasteiger partial charge is 0.333 e. The van der Waals surface area contributed by atoms with Crippen LogP contribution in [0.1, 0.15) is 57.2 Å². The second kappa shape index (κ2) is 9.99. The second-order valence-corrected chi connectivity index (χ2v) is 9.71. The van der Waals surface area contributed by atoms with Gasteiger partial charge in [-0.2, -0.15) is 0 Å². The van der Waals surface area contributed by atoms with Gasteiger partial charge in [0.25, 0.3) is 10.0 Å². The maximum Gasteiger partial charge on any atom is 0.333 e. The molecule has 0 bridgehead atoms. The highest BCUT2D eigenvalue weighted by atomic mass is 32.2. The largest absolute Gasteiger partial charge is 0.478 e. The molecular formula is C20H32N6O4S. The number of pyridine rings is 1. The van der Waals surface area contributed by atoms with Crippen molar-refractivity contribution in [3.8, 4) is 0 Å². The number of allylic oxidation sites excluding steroid dienone is 1. The molecule has 10 nitrogen and oxygen atoms in total. The van der Waals surface area contributed by atoms with Crippen molar-refractivity contribution in [2.45, 2.75) is 46.0 Å². The van der Waals surface area contributed by atoms with Crippen molar-refractivity contribution < 1.29 is 17.9 Å². The van der Waals surface area contributed by atoms with Crippen molar-refractivity contribution in [2.75, 3.05) is 37.5 Å². The van der Waals surface area contributed by atoms with E-state index >= 15 is 0 Å². The fraction of sp³-hybridized carbons (Fsp3) is 0.550. The van der Waals surface area contributed by atoms with Crippen molar-refractivity contribution in [3.05, 3.63) is 28.1 Å². The summed E-state index contributed by atoms with van der Waals surface area (Å²) in [5, 5.41) is 13.0. The first-order chi connectivity index (χ1) is 14.5. The zero-order chi connectivity index (χ0) is 23.3. The number of sulfonamides is 1. The summed E-state index contributed by atoms with van der Waals surface area (Å²) in [6.07, 6.45) is 1.37. The van der Waals surface area contributed by atoms with Crippen LogP contribution in [0.25, 0.3) is 0 Å². The molecular weight excluding hydrogens is 420 g/mol. The minimum absolute atomic E-state index is 0.0107. The molecule has 0 aliphatic carbocycles. The summed E-state index contributed by atoms with van der Waals surface area (Å²) in [6, 6.07) is 0.949. The molecule has 0 saturated carbocycles. The third kappa shape index (κ3) is 5.87. The third-order valence-corrected chi connectivity index (χ3v) is 5.99. The van der Waals surface area contributed by atoms with Gasteiger partial charge in [-0.25, -0.2) is 22.9 Å². The molecule has 2 heterocycles. The molecule has 0 unspecified atom stereocenters. The average molecular weight is 453 g/mol. The molecule has 0 radical (unpaired) electrons. The highest BCUT2D eigenvalue weighted by Crippen LogP contribution is 2.34. The monoisotopic (exact) mass is 452 g/mol. The molecule has 1 fully saturated rings. The van der Waals surface area contributed by atoms with Crippen LogP contribution >= 0.6 is 0 Å². The van der Waals surface area contributed by atoms with Crippen LogP contribution in [0.3, 0.4) is 0 Å². The average Bonchev–Trinajstić information content (AvgIpc) is 2.68. The van der Waals surface area contributed by atoms with E-state index in [-0.39, 0.29) is 17.7 Å². The fourth-order valence-electron chi connectivity index (χ4n) is 3.05. The summed E-state index contributed by atoms with van der Waals surface area (Å²) in [6.45, 7) is 8.74. The molecule has 0 aromatic carbocycles. The van der Waals surface area contributed by atoms with Gasteiger partial charge < -0.3 is 25.7 Å². The Morgan fingerprint density at radius 1 is 1.29 bits per heavy atom. The number of nitrogens with zero attached hydrogens (tertiary/aromatic N) is 2. The van der Waals surface area contributed by atoms with Crippen molar-refractivity contribution in [1.82, 2.24) is 15.0 Å². The lowest BCUT2D eigenvalue weighted by Gasteiger charge is -2.23. The molecule has 1 aliphatic rings. The lowest BCUT2D eigenvalue weighted by atomic mass is 9.96. The van der Waals surface area contributed by atoms with E-state index in [4.69, 9.17) is 10.1 Å². The number of carbonyl (C=O) groups excluding carboxylic acids is 1. The first-order valence-electron chi connectivity index (χ1n) is 10.1. The van der Waals surface area contributed by atoms with Gasteiger partial charge in [-0.1, -0.05) is 27.7 Å². The van der Waals surface area contributed by atoms with Crippen LogP contribution in [0.5, 0.6) is 0 Å². The Bertz CT molecular complexity index is 933. The van der Waals surface area contributed by atoms with Gasteiger partial charge in [-0.3, -0.25) is 0 Å². The van der Waals surface area contributed by atoms with Gasteiger partial charge in [0, 0.05) is 26.9 Å². The topological polar surface area (TPSA) is 137 Å². The maximum absolute atomic E-state index is 12.7. The number of nitrogens with one attached hydrogen (secondary N) is 4. The number of ether oxygens (including phenoxy) is 1. The molecule has 31 heavy (non-hydrogen) atoms. The summed E-state index contributed by atoms with van der Waals surface area (Å²) in [5.41, 5.74) is 1.99. The minimum atomic E-state index is -4.32. The van der Waals surface area contributed by atoms with E-state index in [0.29, 0.717) is 37.2 Å². The number of urea groups is 1. The van der Waals surface area contributed by atoms with Gasteiger partial charge in [-0.05, 0) is 29.9 Å². The molecule has 1 aromatic rings. The number of carbonyl (C=O) groups is 1. The fourth-order valence-corrected chi connectivity index (χ4v) is 3.98. The molecule has 11 heteroatoms.